The number of thioether (sulfide) groups is 1. The third-order valence-electron chi connectivity index (χ3n) is 2.14. The first-order valence-corrected chi connectivity index (χ1v) is 6.19. The van der Waals surface area contributed by atoms with Gasteiger partial charge in [-0.3, -0.25) is 9.78 Å². The normalized spacial score (nSPS) is 11.2. The van der Waals surface area contributed by atoms with Gasteiger partial charge in [-0.1, -0.05) is 0 Å². The molecule has 0 radical (unpaired) electrons. The summed E-state index contributed by atoms with van der Waals surface area (Å²) in [5, 5.41) is 2.33. The van der Waals surface area contributed by atoms with E-state index in [1.807, 2.05) is 0 Å². The Morgan fingerprint density at radius 2 is 2.00 bits per heavy atom. The van der Waals surface area contributed by atoms with Gasteiger partial charge in [-0.2, -0.15) is 13.2 Å². The van der Waals surface area contributed by atoms with Crippen LogP contribution < -0.4 is 5.32 Å². The molecule has 0 aliphatic rings. The summed E-state index contributed by atoms with van der Waals surface area (Å²) in [5.41, 5.74) is -3.72. The summed E-state index contributed by atoms with van der Waals surface area (Å²) in [7, 11) is 0. The van der Waals surface area contributed by atoms with Crippen LogP contribution >= 0.6 is 11.8 Å². The van der Waals surface area contributed by atoms with Gasteiger partial charge in [-0.05, 0) is 24.3 Å². The summed E-state index contributed by atoms with van der Waals surface area (Å²) >= 11 is -0.309. The molecule has 2 heterocycles. The number of anilines is 1. The standard InChI is InChI=1S/C12H8F3N3OS/c13-12(14,15)20-10-4-3-9(7-17-10)18-11(19)8-2-1-5-16-6-8/h1-7H,(H,18,19). The summed E-state index contributed by atoms with van der Waals surface area (Å²) < 4.78 is 36.4. The molecule has 0 saturated carbocycles. The van der Waals surface area contributed by atoms with E-state index >= 15 is 0 Å². The van der Waals surface area contributed by atoms with Crippen molar-refractivity contribution in [3.63, 3.8) is 0 Å². The molecule has 0 fully saturated rings. The van der Waals surface area contributed by atoms with E-state index in [-0.39, 0.29) is 16.8 Å². The van der Waals surface area contributed by atoms with Crippen molar-refractivity contribution in [2.75, 3.05) is 5.32 Å². The van der Waals surface area contributed by atoms with Crippen molar-refractivity contribution in [3.8, 4) is 0 Å². The maximum Gasteiger partial charge on any atom is 0.447 e. The van der Waals surface area contributed by atoms with Gasteiger partial charge in [0.1, 0.15) is 5.03 Å². The number of halogens is 3. The average Bonchev–Trinajstić information content (AvgIpc) is 2.40. The van der Waals surface area contributed by atoms with Crippen LogP contribution in [0, 0.1) is 0 Å². The third-order valence-corrected chi connectivity index (χ3v) is 2.82. The Bertz CT molecular complexity index is 587. The van der Waals surface area contributed by atoms with Crippen molar-refractivity contribution in [3.05, 3.63) is 48.4 Å². The SMILES string of the molecule is O=C(Nc1ccc(SC(F)(F)F)nc1)c1cccnc1. The van der Waals surface area contributed by atoms with E-state index in [0.717, 1.165) is 0 Å². The van der Waals surface area contributed by atoms with Crippen molar-refractivity contribution in [1.29, 1.82) is 0 Å². The number of hydrogen-bond acceptors (Lipinski definition) is 4. The topological polar surface area (TPSA) is 54.9 Å². The molecule has 104 valence electrons. The fourth-order valence-corrected chi connectivity index (χ4v) is 1.81. The maximum absolute atomic E-state index is 12.1. The number of nitrogens with one attached hydrogen (secondary N) is 1. The molecule has 0 spiro atoms. The molecule has 2 rings (SSSR count). The Morgan fingerprint density at radius 1 is 1.20 bits per heavy atom. The molecule has 0 aliphatic carbocycles. The Labute approximate surface area is 116 Å². The van der Waals surface area contributed by atoms with Crippen molar-refractivity contribution in [2.24, 2.45) is 0 Å². The smallest absolute Gasteiger partial charge is 0.321 e. The zero-order valence-corrected chi connectivity index (χ0v) is 10.7. The summed E-state index contributed by atoms with van der Waals surface area (Å²) in [6, 6.07) is 5.73. The molecule has 0 bridgehead atoms. The predicted octanol–water partition coefficient (Wildman–Crippen LogP) is 3.34. The lowest BCUT2D eigenvalue weighted by Gasteiger charge is -2.07. The summed E-state index contributed by atoms with van der Waals surface area (Å²) in [6.07, 6.45) is 4.08. The molecule has 0 atom stereocenters. The van der Waals surface area contributed by atoms with Gasteiger partial charge < -0.3 is 5.32 Å². The first-order valence-electron chi connectivity index (χ1n) is 5.37. The largest absolute Gasteiger partial charge is 0.447 e. The quantitative estimate of drug-likeness (QED) is 0.883. The summed E-state index contributed by atoms with van der Waals surface area (Å²) in [6.45, 7) is 0. The van der Waals surface area contributed by atoms with Gasteiger partial charge in [0, 0.05) is 24.2 Å². The monoisotopic (exact) mass is 299 g/mol. The first-order chi connectivity index (χ1) is 9.44. The molecule has 0 aliphatic heterocycles. The maximum atomic E-state index is 12.1. The second kappa shape index (κ2) is 5.91. The Hall–Kier alpha value is -2.09. The van der Waals surface area contributed by atoms with Gasteiger partial charge >= 0.3 is 5.51 Å². The number of hydrogen-bond donors (Lipinski definition) is 1. The minimum absolute atomic E-state index is 0.183. The van der Waals surface area contributed by atoms with Crippen LogP contribution in [0.5, 0.6) is 0 Å². The summed E-state index contributed by atoms with van der Waals surface area (Å²) in [4.78, 5) is 19.2. The average molecular weight is 299 g/mol. The molecule has 4 nitrogen and oxygen atoms in total. The van der Waals surface area contributed by atoms with Gasteiger partial charge in [0.05, 0.1) is 17.4 Å². The second-order valence-electron chi connectivity index (χ2n) is 3.63. The van der Waals surface area contributed by atoms with Crippen LogP contribution in [0.25, 0.3) is 0 Å². The Morgan fingerprint density at radius 3 is 2.55 bits per heavy atom. The highest BCUT2D eigenvalue weighted by atomic mass is 32.2. The fourth-order valence-electron chi connectivity index (χ4n) is 1.33. The third kappa shape index (κ3) is 4.23. The zero-order chi connectivity index (χ0) is 14.6. The van der Waals surface area contributed by atoms with E-state index in [4.69, 9.17) is 0 Å². The lowest BCUT2D eigenvalue weighted by molar-refractivity contribution is -0.0329. The molecule has 2 aromatic heterocycles. The van der Waals surface area contributed by atoms with Crippen LogP contribution in [-0.2, 0) is 0 Å². The fraction of sp³-hybridized carbons (Fsp3) is 0.0833. The van der Waals surface area contributed by atoms with Gasteiger partial charge in [0.2, 0.25) is 0 Å². The highest BCUT2D eigenvalue weighted by molar-refractivity contribution is 8.00. The van der Waals surface area contributed by atoms with E-state index in [9.17, 15) is 18.0 Å². The zero-order valence-electron chi connectivity index (χ0n) is 9.89. The molecule has 0 saturated heterocycles. The van der Waals surface area contributed by atoms with Gasteiger partial charge in [-0.25, -0.2) is 4.98 Å². The molecular formula is C12H8F3N3OS. The molecule has 2 aromatic rings. The number of pyridine rings is 2. The molecule has 1 amide bonds. The van der Waals surface area contributed by atoms with Crippen LogP contribution in [0.3, 0.4) is 0 Å². The second-order valence-corrected chi connectivity index (χ2v) is 4.71. The summed E-state index contributed by atoms with van der Waals surface area (Å²) in [5.74, 6) is -0.406. The Balaban J connectivity index is 2.02. The van der Waals surface area contributed by atoms with Crippen molar-refractivity contribution >= 4 is 23.4 Å². The minimum atomic E-state index is -4.38. The van der Waals surface area contributed by atoms with Crippen molar-refractivity contribution in [1.82, 2.24) is 9.97 Å². The number of carbonyl (C=O) groups excluding carboxylic acids is 1. The van der Waals surface area contributed by atoms with E-state index < -0.39 is 11.4 Å². The molecule has 0 aromatic carbocycles. The lowest BCUT2D eigenvalue weighted by Crippen LogP contribution is -2.12. The highest BCUT2D eigenvalue weighted by Crippen LogP contribution is 2.35. The molecule has 8 heteroatoms. The molecule has 0 unspecified atom stereocenters. The minimum Gasteiger partial charge on any atom is -0.321 e. The van der Waals surface area contributed by atoms with Crippen molar-refractivity contribution in [2.45, 2.75) is 10.5 Å². The molecule has 1 N–H and O–H groups in total. The van der Waals surface area contributed by atoms with Crippen LogP contribution in [0.2, 0.25) is 0 Å². The number of nitrogens with zero attached hydrogens (tertiary/aromatic N) is 2. The molecule has 20 heavy (non-hydrogen) atoms. The van der Waals surface area contributed by atoms with Crippen molar-refractivity contribution < 1.29 is 18.0 Å². The number of aromatic nitrogens is 2. The highest BCUT2D eigenvalue weighted by Gasteiger charge is 2.29. The Kier molecular flexibility index (Phi) is 4.23. The number of carbonyl (C=O) groups is 1. The molecular weight excluding hydrogens is 291 g/mol. The van der Waals surface area contributed by atoms with E-state index in [0.29, 0.717) is 11.3 Å². The predicted molar refractivity (Wildman–Crippen MR) is 68.3 cm³/mol. The van der Waals surface area contributed by atoms with E-state index in [1.54, 1.807) is 12.1 Å². The number of amides is 1. The number of alkyl halides is 3. The van der Waals surface area contributed by atoms with Crippen LogP contribution in [0.1, 0.15) is 10.4 Å². The van der Waals surface area contributed by atoms with E-state index in [1.165, 1.54) is 30.7 Å². The van der Waals surface area contributed by atoms with Gasteiger partial charge in [0.15, 0.2) is 0 Å². The lowest BCUT2D eigenvalue weighted by atomic mass is 10.2. The van der Waals surface area contributed by atoms with Crippen LogP contribution in [0.15, 0.2) is 47.9 Å². The van der Waals surface area contributed by atoms with E-state index in [2.05, 4.69) is 15.3 Å². The van der Waals surface area contributed by atoms with Crippen LogP contribution in [-0.4, -0.2) is 21.4 Å². The van der Waals surface area contributed by atoms with Gasteiger partial charge in [0.25, 0.3) is 5.91 Å². The number of rotatable bonds is 3. The van der Waals surface area contributed by atoms with Crippen LogP contribution in [0.4, 0.5) is 18.9 Å². The first kappa shape index (κ1) is 14.3. The van der Waals surface area contributed by atoms with Gasteiger partial charge in [-0.15, -0.1) is 0 Å².